The zero-order valence-electron chi connectivity index (χ0n) is 13.3. The van der Waals surface area contributed by atoms with E-state index in [1.165, 1.54) is 11.1 Å². The van der Waals surface area contributed by atoms with Crippen molar-refractivity contribution < 1.29 is 4.43 Å². The zero-order chi connectivity index (χ0) is 15.8. The molecule has 22 heavy (non-hydrogen) atoms. The van der Waals surface area contributed by atoms with E-state index < -0.39 is 8.32 Å². The van der Waals surface area contributed by atoms with E-state index in [1.807, 2.05) is 36.4 Å². The van der Waals surface area contributed by atoms with Crippen LogP contribution in [0.4, 0.5) is 0 Å². The Kier molecular flexibility index (Phi) is 5.47. The maximum absolute atomic E-state index is 5.50. The highest BCUT2D eigenvalue weighted by Crippen LogP contribution is 2.23. The van der Waals surface area contributed by atoms with Gasteiger partial charge in [0.1, 0.15) is 6.11 Å². The van der Waals surface area contributed by atoms with Crippen molar-refractivity contribution in [2.75, 3.05) is 0 Å². The van der Waals surface area contributed by atoms with Crippen LogP contribution in [0, 0.1) is 23.9 Å². The van der Waals surface area contributed by atoms with Crippen LogP contribution in [-0.4, -0.2) is 8.32 Å². The van der Waals surface area contributed by atoms with Gasteiger partial charge in [-0.3, -0.25) is 0 Å². The molecule has 0 aliphatic heterocycles. The molecule has 0 aromatic heterocycles. The van der Waals surface area contributed by atoms with Gasteiger partial charge in [-0.25, -0.2) is 0 Å². The highest BCUT2D eigenvalue weighted by molar-refractivity contribution is 6.70. The third-order valence-electron chi connectivity index (χ3n) is 2.95. The quantitative estimate of drug-likeness (QED) is 0.593. The maximum atomic E-state index is 5.50. The summed E-state index contributed by atoms with van der Waals surface area (Å²) in [7, 11) is -1.60. The molecule has 0 N–H and O–H groups in total. The molecule has 0 bridgehead atoms. The van der Waals surface area contributed by atoms with E-state index >= 15 is 0 Å². The second-order valence-electron chi connectivity index (χ2n) is 5.97. The molecule has 0 amide bonds. The lowest BCUT2D eigenvalue weighted by Crippen LogP contribution is -2.22. The molecule has 0 aliphatic rings. The Hall–Kier alpha value is -2.42. The largest absolute Gasteiger partial charge is 0.500 e. The molecule has 1 nitrogen and oxygen atoms in total. The van der Waals surface area contributed by atoms with E-state index in [1.54, 1.807) is 0 Å². The van der Waals surface area contributed by atoms with Gasteiger partial charge in [0.2, 0.25) is 0 Å². The first-order valence-electron chi connectivity index (χ1n) is 7.35. The zero-order valence-corrected chi connectivity index (χ0v) is 14.3. The lowest BCUT2D eigenvalue weighted by atomic mass is 9.92. The van der Waals surface area contributed by atoms with Crippen molar-refractivity contribution >= 4 is 8.32 Å². The van der Waals surface area contributed by atoms with Gasteiger partial charge in [0, 0.05) is 5.92 Å². The Bertz CT molecular complexity index is 667. The predicted molar refractivity (Wildman–Crippen MR) is 94.7 cm³/mol. The van der Waals surface area contributed by atoms with Crippen LogP contribution in [0.3, 0.4) is 0 Å². The van der Waals surface area contributed by atoms with Crippen molar-refractivity contribution in [2.45, 2.75) is 25.6 Å². The van der Waals surface area contributed by atoms with Gasteiger partial charge in [-0.1, -0.05) is 66.6 Å². The van der Waals surface area contributed by atoms with Crippen molar-refractivity contribution in [1.29, 1.82) is 0 Å². The number of rotatable bonds is 3. The Labute approximate surface area is 134 Å². The summed E-state index contributed by atoms with van der Waals surface area (Å²) >= 11 is 0. The highest BCUT2D eigenvalue weighted by atomic mass is 28.4. The van der Waals surface area contributed by atoms with E-state index in [-0.39, 0.29) is 5.92 Å². The molecule has 0 unspecified atom stereocenters. The molecule has 0 spiro atoms. The average Bonchev–Trinajstić information content (AvgIpc) is 2.51. The van der Waals surface area contributed by atoms with E-state index in [0.29, 0.717) is 0 Å². The number of hydrogen-bond acceptors (Lipinski definition) is 1. The minimum atomic E-state index is -1.60. The van der Waals surface area contributed by atoms with Crippen LogP contribution < -0.4 is 0 Å². The molecule has 0 saturated heterocycles. The van der Waals surface area contributed by atoms with Crippen LogP contribution >= 0.6 is 0 Å². The van der Waals surface area contributed by atoms with Gasteiger partial charge in [0.15, 0.2) is 0 Å². The molecular weight excluding hydrogens is 284 g/mol. The molecule has 0 heterocycles. The maximum Gasteiger partial charge on any atom is 0.255 e. The normalized spacial score (nSPS) is 10.2. The summed E-state index contributed by atoms with van der Waals surface area (Å²) < 4.78 is 5.50. The molecular formula is C20H20OSi. The Morgan fingerprint density at radius 1 is 0.773 bits per heavy atom. The van der Waals surface area contributed by atoms with Crippen molar-refractivity contribution in [3.8, 4) is 23.9 Å². The topological polar surface area (TPSA) is 9.23 Å². The fourth-order valence-electron chi connectivity index (χ4n) is 1.96. The Morgan fingerprint density at radius 3 is 1.73 bits per heavy atom. The summed E-state index contributed by atoms with van der Waals surface area (Å²) in [6, 6.07) is 20.5. The minimum absolute atomic E-state index is 0.0311. The Balaban J connectivity index is 2.24. The summed E-state index contributed by atoms with van der Waals surface area (Å²) in [5, 5.41) is 0. The van der Waals surface area contributed by atoms with Gasteiger partial charge < -0.3 is 4.43 Å². The molecule has 0 saturated carbocycles. The summed E-state index contributed by atoms with van der Waals surface area (Å²) in [5.41, 5.74) is 2.35. The molecule has 0 radical (unpaired) electrons. The average molecular weight is 304 g/mol. The third-order valence-corrected chi connectivity index (χ3v) is 3.67. The monoisotopic (exact) mass is 304 g/mol. The molecule has 2 aromatic carbocycles. The molecule has 110 valence electrons. The van der Waals surface area contributed by atoms with Gasteiger partial charge in [0.05, 0.1) is 5.92 Å². The lowest BCUT2D eigenvalue weighted by molar-refractivity contribution is 0.520. The highest BCUT2D eigenvalue weighted by Gasteiger charge is 2.13. The Morgan fingerprint density at radius 2 is 1.27 bits per heavy atom. The smallest absolute Gasteiger partial charge is 0.255 e. The molecule has 2 heteroatoms. The fourth-order valence-corrected chi connectivity index (χ4v) is 2.32. The lowest BCUT2D eigenvalue weighted by Gasteiger charge is -2.11. The van der Waals surface area contributed by atoms with E-state index in [2.05, 4.69) is 67.8 Å². The number of hydrogen-bond donors (Lipinski definition) is 0. The molecule has 0 aliphatic carbocycles. The standard InChI is InChI=1S/C20H20OSi/c1-22(2,3)21-17-11-10-16-20(18-12-6-4-7-13-18)19-14-8-5-9-15-19/h4-9,12-15,20H,1-3H3. The summed E-state index contributed by atoms with van der Waals surface area (Å²) in [6.45, 7) is 6.31. The van der Waals surface area contributed by atoms with Crippen LogP contribution in [0.15, 0.2) is 60.7 Å². The number of benzene rings is 2. The van der Waals surface area contributed by atoms with Gasteiger partial charge in [0.25, 0.3) is 8.32 Å². The first-order valence-corrected chi connectivity index (χ1v) is 10.8. The van der Waals surface area contributed by atoms with Crippen LogP contribution in [0.1, 0.15) is 17.0 Å². The van der Waals surface area contributed by atoms with Gasteiger partial charge in [-0.2, -0.15) is 0 Å². The second kappa shape index (κ2) is 7.55. The van der Waals surface area contributed by atoms with Gasteiger partial charge in [-0.05, 0) is 36.7 Å². The SMILES string of the molecule is C[Si](C)(C)OC#CC#CC(c1ccccc1)c1ccccc1. The van der Waals surface area contributed by atoms with Crippen LogP contribution in [0.5, 0.6) is 0 Å². The third kappa shape index (κ3) is 5.17. The second-order valence-corrected chi connectivity index (χ2v) is 10.4. The first kappa shape index (κ1) is 16.0. The van der Waals surface area contributed by atoms with Crippen LogP contribution in [-0.2, 0) is 4.43 Å². The molecule has 2 rings (SSSR count). The van der Waals surface area contributed by atoms with E-state index in [9.17, 15) is 0 Å². The van der Waals surface area contributed by atoms with Crippen molar-refractivity contribution in [3.05, 3.63) is 71.8 Å². The minimum Gasteiger partial charge on any atom is -0.500 e. The molecule has 0 fully saturated rings. The van der Waals surface area contributed by atoms with E-state index in [0.717, 1.165) is 0 Å². The fraction of sp³-hybridized carbons (Fsp3) is 0.200. The van der Waals surface area contributed by atoms with Gasteiger partial charge in [-0.15, -0.1) is 0 Å². The van der Waals surface area contributed by atoms with E-state index in [4.69, 9.17) is 4.43 Å². The van der Waals surface area contributed by atoms with Crippen LogP contribution in [0.25, 0.3) is 0 Å². The van der Waals surface area contributed by atoms with Crippen molar-refractivity contribution in [2.24, 2.45) is 0 Å². The molecule has 2 aromatic rings. The van der Waals surface area contributed by atoms with Crippen molar-refractivity contribution in [1.82, 2.24) is 0 Å². The summed E-state index contributed by atoms with van der Waals surface area (Å²) in [4.78, 5) is 0. The van der Waals surface area contributed by atoms with Crippen LogP contribution in [0.2, 0.25) is 19.6 Å². The predicted octanol–water partition coefficient (Wildman–Crippen LogP) is 4.63. The first-order chi connectivity index (χ1) is 10.6. The summed E-state index contributed by atoms with van der Waals surface area (Å²) in [5.74, 6) is 9.04. The van der Waals surface area contributed by atoms with Gasteiger partial charge >= 0.3 is 0 Å². The summed E-state index contributed by atoms with van der Waals surface area (Å²) in [6.07, 6.45) is 2.72. The molecule has 0 atom stereocenters. The van der Waals surface area contributed by atoms with Crippen molar-refractivity contribution in [3.63, 3.8) is 0 Å².